The number of hydrogen-bond acceptors (Lipinski definition) is 3. The van der Waals surface area contributed by atoms with Gasteiger partial charge in [0.05, 0.1) is 11.6 Å². The minimum atomic E-state index is 0.370. The van der Waals surface area contributed by atoms with Gasteiger partial charge in [0.25, 0.3) is 0 Å². The lowest BCUT2D eigenvalue weighted by molar-refractivity contribution is 0.412. The summed E-state index contributed by atoms with van der Waals surface area (Å²) in [5.74, 6) is 0.842. The van der Waals surface area contributed by atoms with Crippen molar-refractivity contribution in [2.45, 2.75) is 13.0 Å². The van der Waals surface area contributed by atoms with E-state index in [1.807, 2.05) is 19.2 Å². The molecule has 1 unspecified atom stereocenters. The molecule has 1 heterocycles. The highest BCUT2D eigenvalue weighted by molar-refractivity contribution is 9.11. The zero-order valence-electron chi connectivity index (χ0n) is 11.0. The average molecular weight is 405 g/mol. The second-order valence-electron chi connectivity index (χ2n) is 4.18. The van der Waals surface area contributed by atoms with Crippen LogP contribution in [0.15, 0.2) is 33.2 Å². The van der Waals surface area contributed by atoms with E-state index in [1.165, 1.54) is 9.75 Å². The lowest BCUT2D eigenvalue weighted by Gasteiger charge is -2.09. The lowest BCUT2D eigenvalue weighted by atomic mass is 10.2. The number of methoxy groups -OCH3 is 1. The third-order valence-corrected chi connectivity index (χ3v) is 5.57. The molecule has 1 aromatic carbocycles. The molecule has 102 valence electrons. The Morgan fingerprint density at radius 1 is 1.21 bits per heavy atom. The number of ether oxygens (including phenoxy) is 1. The van der Waals surface area contributed by atoms with Crippen LogP contribution in [0.2, 0.25) is 0 Å². The van der Waals surface area contributed by atoms with Gasteiger partial charge in [-0.25, -0.2) is 0 Å². The van der Waals surface area contributed by atoms with Gasteiger partial charge in [-0.05, 0) is 54.2 Å². The van der Waals surface area contributed by atoms with E-state index in [0.29, 0.717) is 6.04 Å². The quantitative estimate of drug-likeness (QED) is 0.753. The maximum atomic E-state index is 5.36. The normalized spacial score (nSPS) is 12.5. The number of halogens is 2. The zero-order valence-corrected chi connectivity index (χ0v) is 14.9. The van der Waals surface area contributed by atoms with E-state index in [2.05, 4.69) is 56.2 Å². The molecule has 1 atom stereocenters. The van der Waals surface area contributed by atoms with Crippen molar-refractivity contribution in [1.29, 1.82) is 0 Å². The molecule has 0 amide bonds. The lowest BCUT2D eigenvalue weighted by Crippen LogP contribution is -2.10. The SMILES string of the molecule is CNC(C)c1ccc(-c2cc(OC)c(Br)cc2Br)s1. The first kappa shape index (κ1) is 15.0. The maximum absolute atomic E-state index is 5.36. The first-order valence-electron chi connectivity index (χ1n) is 5.87. The molecule has 1 N–H and O–H groups in total. The molecule has 1 aromatic heterocycles. The predicted octanol–water partition coefficient (Wildman–Crippen LogP) is 5.23. The van der Waals surface area contributed by atoms with Crippen molar-refractivity contribution in [2.24, 2.45) is 0 Å². The van der Waals surface area contributed by atoms with Crippen LogP contribution in [0, 0.1) is 0 Å². The summed E-state index contributed by atoms with van der Waals surface area (Å²) in [5.41, 5.74) is 1.15. The highest BCUT2D eigenvalue weighted by Gasteiger charge is 2.13. The number of benzene rings is 1. The molecule has 0 fully saturated rings. The minimum Gasteiger partial charge on any atom is -0.496 e. The Morgan fingerprint density at radius 3 is 2.58 bits per heavy atom. The molecule has 0 spiro atoms. The molecule has 2 nitrogen and oxygen atoms in total. The van der Waals surface area contributed by atoms with Crippen molar-refractivity contribution in [1.82, 2.24) is 5.32 Å². The Kier molecular flexibility index (Phi) is 5.06. The van der Waals surface area contributed by atoms with Crippen LogP contribution < -0.4 is 10.1 Å². The molecule has 19 heavy (non-hydrogen) atoms. The number of rotatable bonds is 4. The highest BCUT2D eigenvalue weighted by atomic mass is 79.9. The predicted molar refractivity (Wildman–Crippen MR) is 89.2 cm³/mol. The third-order valence-electron chi connectivity index (χ3n) is 2.99. The Bertz CT molecular complexity index is 583. The van der Waals surface area contributed by atoms with Crippen LogP contribution in [0.3, 0.4) is 0 Å². The molecule has 0 bridgehead atoms. The maximum Gasteiger partial charge on any atom is 0.133 e. The summed E-state index contributed by atoms with van der Waals surface area (Å²) in [7, 11) is 3.66. The zero-order chi connectivity index (χ0) is 14.0. The summed E-state index contributed by atoms with van der Waals surface area (Å²) >= 11 is 8.90. The highest BCUT2D eigenvalue weighted by Crippen LogP contribution is 2.40. The van der Waals surface area contributed by atoms with Crippen LogP contribution in [0.25, 0.3) is 10.4 Å². The Hall–Kier alpha value is -0.360. The van der Waals surface area contributed by atoms with Gasteiger partial charge in [0.15, 0.2) is 0 Å². The van der Waals surface area contributed by atoms with E-state index in [-0.39, 0.29) is 0 Å². The summed E-state index contributed by atoms with van der Waals surface area (Å²) in [4.78, 5) is 2.56. The van der Waals surface area contributed by atoms with E-state index >= 15 is 0 Å². The van der Waals surface area contributed by atoms with Crippen LogP contribution in [0.4, 0.5) is 0 Å². The number of nitrogens with one attached hydrogen (secondary N) is 1. The fourth-order valence-corrected chi connectivity index (χ4v) is 4.35. The summed E-state index contributed by atoms with van der Waals surface area (Å²) in [6, 6.07) is 8.77. The molecule has 0 aliphatic rings. The topological polar surface area (TPSA) is 21.3 Å². The van der Waals surface area contributed by atoms with E-state index in [0.717, 1.165) is 20.3 Å². The van der Waals surface area contributed by atoms with Crippen molar-refractivity contribution in [2.75, 3.05) is 14.2 Å². The van der Waals surface area contributed by atoms with Crippen LogP contribution in [0.1, 0.15) is 17.8 Å². The molecule has 0 aliphatic carbocycles. The molecular formula is C14H15Br2NOS. The van der Waals surface area contributed by atoms with E-state index in [9.17, 15) is 0 Å². The van der Waals surface area contributed by atoms with Gasteiger partial charge < -0.3 is 10.1 Å². The Balaban J connectivity index is 2.44. The molecule has 2 aromatic rings. The molecule has 0 saturated carbocycles. The molecule has 5 heteroatoms. The van der Waals surface area contributed by atoms with Crippen LogP contribution in [0.5, 0.6) is 5.75 Å². The minimum absolute atomic E-state index is 0.370. The van der Waals surface area contributed by atoms with Gasteiger partial charge in [-0.1, -0.05) is 15.9 Å². The fourth-order valence-electron chi connectivity index (χ4n) is 1.75. The van der Waals surface area contributed by atoms with Crippen molar-refractivity contribution in [3.05, 3.63) is 38.1 Å². The molecule has 0 saturated heterocycles. The van der Waals surface area contributed by atoms with E-state index in [1.54, 1.807) is 18.4 Å². The smallest absolute Gasteiger partial charge is 0.133 e. The first-order chi connectivity index (χ1) is 9.06. The summed E-state index contributed by atoms with van der Waals surface area (Å²) in [5, 5.41) is 3.26. The van der Waals surface area contributed by atoms with E-state index < -0.39 is 0 Å². The average Bonchev–Trinajstić information content (AvgIpc) is 2.87. The standard InChI is InChI=1S/C14H15Br2NOS/c1-8(17-2)13-4-5-14(19-13)9-6-12(18-3)11(16)7-10(9)15/h4-8,17H,1-3H3. The molecule has 2 rings (SSSR count). The van der Waals surface area contributed by atoms with Crippen LogP contribution in [-0.2, 0) is 0 Å². The van der Waals surface area contributed by atoms with Crippen molar-refractivity contribution < 1.29 is 4.74 Å². The molecular weight excluding hydrogens is 390 g/mol. The van der Waals surface area contributed by atoms with Gasteiger partial charge >= 0.3 is 0 Å². The van der Waals surface area contributed by atoms with Gasteiger partial charge in [-0.15, -0.1) is 11.3 Å². The van der Waals surface area contributed by atoms with Crippen molar-refractivity contribution in [3.63, 3.8) is 0 Å². The van der Waals surface area contributed by atoms with Gasteiger partial charge in [-0.2, -0.15) is 0 Å². The summed E-state index contributed by atoms with van der Waals surface area (Å²) in [6.07, 6.45) is 0. The first-order valence-corrected chi connectivity index (χ1v) is 8.27. The molecule has 0 aliphatic heterocycles. The van der Waals surface area contributed by atoms with Gasteiger partial charge in [0.1, 0.15) is 5.75 Å². The van der Waals surface area contributed by atoms with Crippen LogP contribution >= 0.6 is 43.2 Å². The number of hydrogen-bond donors (Lipinski definition) is 1. The fraction of sp³-hybridized carbons (Fsp3) is 0.286. The van der Waals surface area contributed by atoms with Crippen LogP contribution in [-0.4, -0.2) is 14.2 Å². The largest absolute Gasteiger partial charge is 0.496 e. The Labute approximate surface area is 134 Å². The van der Waals surface area contributed by atoms with Gasteiger partial charge in [0, 0.05) is 25.8 Å². The second-order valence-corrected chi connectivity index (χ2v) is 7.00. The summed E-state index contributed by atoms with van der Waals surface area (Å²) < 4.78 is 7.37. The van der Waals surface area contributed by atoms with Crippen molar-refractivity contribution >= 4 is 43.2 Å². The van der Waals surface area contributed by atoms with Crippen molar-refractivity contribution in [3.8, 4) is 16.2 Å². The number of thiophene rings is 1. The van der Waals surface area contributed by atoms with Gasteiger partial charge in [0.2, 0.25) is 0 Å². The van der Waals surface area contributed by atoms with E-state index in [4.69, 9.17) is 4.74 Å². The van der Waals surface area contributed by atoms with Gasteiger partial charge in [-0.3, -0.25) is 0 Å². The molecule has 0 radical (unpaired) electrons. The summed E-state index contributed by atoms with van der Waals surface area (Å²) in [6.45, 7) is 2.16. The second kappa shape index (κ2) is 6.39. The Morgan fingerprint density at radius 2 is 1.95 bits per heavy atom. The monoisotopic (exact) mass is 403 g/mol. The third kappa shape index (κ3) is 3.21.